The highest BCUT2D eigenvalue weighted by Crippen LogP contribution is 2.33. The number of nitrogens with zero attached hydrogens (tertiary/aromatic N) is 3. The lowest BCUT2D eigenvalue weighted by Gasteiger charge is -2.12. The zero-order chi connectivity index (χ0) is 20.1. The Morgan fingerprint density at radius 2 is 1.79 bits per heavy atom. The lowest BCUT2D eigenvalue weighted by molar-refractivity contribution is -0.122. The Morgan fingerprint density at radius 3 is 2.52 bits per heavy atom. The summed E-state index contributed by atoms with van der Waals surface area (Å²) >= 11 is 1.27. The molecule has 3 aromatic rings. The van der Waals surface area contributed by atoms with Gasteiger partial charge in [-0.15, -0.1) is 5.10 Å². The number of amidine groups is 1. The third kappa shape index (κ3) is 4.64. The molecule has 1 aliphatic rings. The monoisotopic (exact) mass is 403 g/mol. The molecule has 4 rings (SSSR count). The van der Waals surface area contributed by atoms with Crippen molar-refractivity contribution < 1.29 is 14.3 Å². The van der Waals surface area contributed by atoms with Gasteiger partial charge in [-0.25, -0.2) is 0 Å². The van der Waals surface area contributed by atoms with Gasteiger partial charge in [-0.3, -0.25) is 9.69 Å². The highest BCUT2D eigenvalue weighted by Gasteiger charge is 2.34. The quantitative estimate of drug-likeness (QED) is 0.387. The number of phenolic OH excluding ortho intramolecular Hbond substituents is 1. The van der Waals surface area contributed by atoms with Gasteiger partial charge in [0.1, 0.15) is 11.5 Å². The molecule has 2 heterocycles. The summed E-state index contributed by atoms with van der Waals surface area (Å²) in [4.78, 5) is 15.1. The number of rotatable bonds is 5. The molecule has 6 nitrogen and oxygen atoms in total. The van der Waals surface area contributed by atoms with Crippen molar-refractivity contribution in [3.05, 3.63) is 94.8 Å². The molecule has 0 spiro atoms. The number of hydrogen-bond donors (Lipinski definition) is 1. The Kier molecular flexibility index (Phi) is 5.58. The van der Waals surface area contributed by atoms with E-state index in [1.54, 1.807) is 47.7 Å². The van der Waals surface area contributed by atoms with Gasteiger partial charge in [0.05, 0.1) is 23.9 Å². The maximum atomic E-state index is 13.0. The van der Waals surface area contributed by atoms with Gasteiger partial charge in [0.25, 0.3) is 5.91 Å². The van der Waals surface area contributed by atoms with Crippen molar-refractivity contribution >= 4 is 35.1 Å². The van der Waals surface area contributed by atoms with Crippen LogP contribution in [0.2, 0.25) is 0 Å². The van der Waals surface area contributed by atoms with Crippen LogP contribution in [0.15, 0.2) is 92.5 Å². The summed E-state index contributed by atoms with van der Waals surface area (Å²) in [6, 6.07) is 19.9. The van der Waals surface area contributed by atoms with Gasteiger partial charge in [0, 0.05) is 0 Å². The third-order valence-electron chi connectivity index (χ3n) is 4.12. The summed E-state index contributed by atoms with van der Waals surface area (Å²) in [6.45, 7) is 0.276. The molecule has 29 heavy (non-hydrogen) atoms. The van der Waals surface area contributed by atoms with E-state index in [4.69, 9.17) is 4.42 Å². The summed E-state index contributed by atoms with van der Waals surface area (Å²) in [5.74, 6) is 0.703. The molecule has 144 valence electrons. The lowest BCUT2D eigenvalue weighted by atomic mass is 10.2. The lowest BCUT2D eigenvalue weighted by Crippen LogP contribution is -2.28. The Balaban J connectivity index is 1.60. The van der Waals surface area contributed by atoms with Crippen molar-refractivity contribution in [3.63, 3.8) is 0 Å². The van der Waals surface area contributed by atoms with Gasteiger partial charge in [-0.1, -0.05) is 30.3 Å². The topological polar surface area (TPSA) is 78.4 Å². The van der Waals surface area contributed by atoms with Gasteiger partial charge in [0.15, 0.2) is 5.17 Å². The predicted molar refractivity (Wildman–Crippen MR) is 114 cm³/mol. The summed E-state index contributed by atoms with van der Waals surface area (Å²) in [6.07, 6.45) is 4.99. The molecule has 0 bridgehead atoms. The van der Waals surface area contributed by atoms with Gasteiger partial charge in [-0.05, 0) is 65.4 Å². The highest BCUT2D eigenvalue weighted by atomic mass is 32.2. The number of carbonyl (C=O) groups excluding carboxylic acids is 1. The number of aromatic hydroxyl groups is 1. The maximum absolute atomic E-state index is 13.0. The van der Waals surface area contributed by atoms with E-state index in [1.165, 1.54) is 11.8 Å². The maximum Gasteiger partial charge on any atom is 0.267 e. The second-order valence-corrected chi connectivity index (χ2v) is 7.22. The van der Waals surface area contributed by atoms with Crippen LogP contribution >= 0.6 is 11.8 Å². The molecule has 1 saturated heterocycles. The minimum Gasteiger partial charge on any atom is -0.508 e. The van der Waals surface area contributed by atoms with Gasteiger partial charge >= 0.3 is 0 Å². The van der Waals surface area contributed by atoms with E-state index in [0.29, 0.717) is 15.8 Å². The molecule has 1 fully saturated rings. The SMILES string of the molecule is O=C1/C(=C/c2ccccc2)S/C(=N\N=C\c2ccc(O)cc2)N1Cc1ccco1. The number of amides is 1. The number of furan rings is 1. The van der Waals surface area contributed by atoms with Crippen LogP contribution in [0.5, 0.6) is 5.75 Å². The van der Waals surface area contributed by atoms with Crippen molar-refractivity contribution in [2.45, 2.75) is 6.54 Å². The molecular formula is C22H17N3O3S. The third-order valence-corrected chi connectivity index (χ3v) is 5.12. The Hall–Kier alpha value is -3.58. The Morgan fingerprint density at radius 1 is 1.00 bits per heavy atom. The molecule has 0 unspecified atom stereocenters. The molecule has 1 aliphatic heterocycles. The highest BCUT2D eigenvalue weighted by molar-refractivity contribution is 8.18. The summed E-state index contributed by atoms with van der Waals surface area (Å²) in [5, 5.41) is 18.2. The summed E-state index contributed by atoms with van der Waals surface area (Å²) in [5.41, 5.74) is 1.73. The number of thioether (sulfide) groups is 1. The van der Waals surface area contributed by atoms with E-state index >= 15 is 0 Å². The first kappa shape index (κ1) is 18.8. The van der Waals surface area contributed by atoms with Crippen LogP contribution in [0, 0.1) is 0 Å². The summed E-state index contributed by atoms with van der Waals surface area (Å²) in [7, 11) is 0. The summed E-state index contributed by atoms with van der Waals surface area (Å²) < 4.78 is 5.39. The molecular weight excluding hydrogens is 386 g/mol. The van der Waals surface area contributed by atoms with Crippen molar-refractivity contribution in [1.82, 2.24) is 4.90 Å². The van der Waals surface area contributed by atoms with Gasteiger partial charge in [0.2, 0.25) is 0 Å². The first-order valence-corrected chi connectivity index (χ1v) is 9.69. The van der Waals surface area contributed by atoms with E-state index < -0.39 is 0 Å². The molecule has 0 atom stereocenters. The first-order valence-electron chi connectivity index (χ1n) is 8.88. The van der Waals surface area contributed by atoms with E-state index in [-0.39, 0.29) is 18.2 Å². The van der Waals surface area contributed by atoms with Crippen LogP contribution in [0.1, 0.15) is 16.9 Å². The zero-order valence-corrected chi connectivity index (χ0v) is 16.1. The van der Waals surface area contributed by atoms with Gasteiger partial charge in [-0.2, -0.15) is 5.10 Å². The van der Waals surface area contributed by atoms with Gasteiger partial charge < -0.3 is 9.52 Å². The number of hydrogen-bond acceptors (Lipinski definition) is 6. The molecule has 7 heteroatoms. The zero-order valence-electron chi connectivity index (χ0n) is 15.3. The molecule has 1 N–H and O–H groups in total. The van der Waals surface area contributed by atoms with Crippen molar-refractivity contribution in [3.8, 4) is 5.75 Å². The van der Waals surface area contributed by atoms with Crippen molar-refractivity contribution in [2.75, 3.05) is 0 Å². The molecule has 0 radical (unpaired) electrons. The van der Waals surface area contributed by atoms with Crippen LogP contribution in [-0.4, -0.2) is 27.3 Å². The first-order chi connectivity index (χ1) is 14.2. The average molecular weight is 403 g/mol. The average Bonchev–Trinajstić information content (AvgIpc) is 3.35. The normalized spacial score (nSPS) is 17.1. The Bertz CT molecular complexity index is 1070. The molecule has 0 aliphatic carbocycles. The molecule has 1 amide bonds. The van der Waals surface area contributed by atoms with E-state index in [1.807, 2.05) is 42.5 Å². The minimum atomic E-state index is -0.145. The molecule has 0 saturated carbocycles. The fourth-order valence-corrected chi connectivity index (χ4v) is 3.62. The number of carbonyl (C=O) groups is 1. The number of phenols is 1. The van der Waals surface area contributed by atoms with Crippen LogP contribution in [0.3, 0.4) is 0 Å². The predicted octanol–water partition coefficient (Wildman–Crippen LogP) is 4.49. The molecule has 2 aromatic carbocycles. The molecule has 1 aromatic heterocycles. The largest absolute Gasteiger partial charge is 0.508 e. The van der Waals surface area contributed by atoms with Crippen molar-refractivity contribution in [1.29, 1.82) is 0 Å². The number of benzene rings is 2. The van der Waals surface area contributed by atoms with Crippen LogP contribution < -0.4 is 0 Å². The minimum absolute atomic E-state index is 0.145. The van der Waals surface area contributed by atoms with Crippen LogP contribution in [-0.2, 0) is 11.3 Å². The van der Waals surface area contributed by atoms with E-state index in [9.17, 15) is 9.90 Å². The van der Waals surface area contributed by atoms with Crippen LogP contribution in [0.4, 0.5) is 0 Å². The van der Waals surface area contributed by atoms with E-state index in [0.717, 1.165) is 11.1 Å². The smallest absolute Gasteiger partial charge is 0.267 e. The fourth-order valence-electron chi connectivity index (χ4n) is 2.69. The standard InChI is InChI=1S/C22H17N3O3S/c26-18-10-8-17(9-11-18)14-23-24-22-25(15-19-7-4-12-28-19)21(27)20(29-22)13-16-5-2-1-3-6-16/h1-14,26H,15H2/b20-13-,23-14+,24-22-. The second kappa shape index (κ2) is 8.62. The van der Waals surface area contributed by atoms with Crippen molar-refractivity contribution in [2.24, 2.45) is 10.2 Å². The fraction of sp³-hybridized carbons (Fsp3) is 0.0455. The second-order valence-electron chi connectivity index (χ2n) is 6.21. The Labute approximate surface area is 171 Å². The van der Waals surface area contributed by atoms with Crippen LogP contribution in [0.25, 0.3) is 6.08 Å². The van der Waals surface area contributed by atoms with E-state index in [2.05, 4.69) is 10.2 Å².